The van der Waals surface area contributed by atoms with Crippen molar-refractivity contribution in [3.8, 4) is 5.75 Å². The first kappa shape index (κ1) is 14.2. The summed E-state index contributed by atoms with van der Waals surface area (Å²) in [5.74, 6) is 0.425. The average molecular weight is 231 g/mol. The molecule has 1 aromatic carbocycles. The lowest BCUT2D eigenvalue weighted by molar-refractivity contribution is 0.410. The van der Waals surface area contributed by atoms with Gasteiger partial charge in [-0.15, -0.1) is 0 Å². The summed E-state index contributed by atoms with van der Waals surface area (Å²) in [4.78, 5) is 8.33. The molecule has 4 nitrogen and oxygen atoms in total. The summed E-state index contributed by atoms with van der Waals surface area (Å²) in [6.07, 6.45) is 0. The van der Waals surface area contributed by atoms with Gasteiger partial charge in [-0.05, 0) is 25.2 Å². The number of rotatable bonds is 4. The van der Waals surface area contributed by atoms with E-state index in [9.17, 15) is 4.57 Å². The molecular weight excluding hydrogens is 213 g/mol. The first-order chi connectivity index (χ1) is 7.20. The Morgan fingerprint density at radius 1 is 1.27 bits per heavy atom. The standard InChI is InChI=1S/C6H7O3P.C4H11N/c7-10(8)9-6-4-2-1-3-5-6;1-3-5-4-2/h1-5,10H,(H,7,8);5H,3-4H2,1-2H3. The Morgan fingerprint density at radius 3 is 2.13 bits per heavy atom. The molecule has 1 aromatic rings. The van der Waals surface area contributed by atoms with Crippen LogP contribution in [-0.4, -0.2) is 18.0 Å². The zero-order chi connectivity index (χ0) is 11.5. The molecule has 5 heteroatoms. The highest BCUT2D eigenvalue weighted by molar-refractivity contribution is 7.32. The second-order valence-electron chi connectivity index (χ2n) is 2.64. The summed E-state index contributed by atoms with van der Waals surface area (Å²) >= 11 is 0. The summed E-state index contributed by atoms with van der Waals surface area (Å²) < 4.78 is 14.6. The lowest BCUT2D eigenvalue weighted by Gasteiger charge is -1.98. The molecule has 0 aliphatic rings. The van der Waals surface area contributed by atoms with Crippen molar-refractivity contribution in [2.24, 2.45) is 0 Å². The summed E-state index contributed by atoms with van der Waals surface area (Å²) in [6, 6.07) is 8.53. The Hall–Kier alpha value is -0.830. The van der Waals surface area contributed by atoms with Crippen LogP contribution in [0.3, 0.4) is 0 Å². The van der Waals surface area contributed by atoms with Crippen LogP contribution in [0.25, 0.3) is 0 Å². The van der Waals surface area contributed by atoms with Crippen LogP contribution in [0.15, 0.2) is 30.3 Å². The number of hydrogen-bond acceptors (Lipinski definition) is 3. The molecule has 0 aromatic heterocycles. The predicted molar refractivity (Wildman–Crippen MR) is 62.5 cm³/mol. The van der Waals surface area contributed by atoms with Crippen molar-refractivity contribution in [2.75, 3.05) is 13.1 Å². The van der Waals surface area contributed by atoms with E-state index >= 15 is 0 Å². The Kier molecular flexibility index (Phi) is 9.18. The van der Waals surface area contributed by atoms with Gasteiger partial charge < -0.3 is 14.7 Å². The summed E-state index contributed by atoms with van der Waals surface area (Å²) in [7, 11) is -2.84. The van der Waals surface area contributed by atoms with Gasteiger partial charge in [0, 0.05) is 0 Å². The van der Waals surface area contributed by atoms with Gasteiger partial charge in [-0.2, -0.15) is 0 Å². The molecule has 2 N–H and O–H groups in total. The monoisotopic (exact) mass is 231 g/mol. The minimum Gasteiger partial charge on any atom is -0.426 e. The number of para-hydroxylation sites is 1. The highest BCUT2D eigenvalue weighted by Crippen LogP contribution is 2.21. The fourth-order valence-electron chi connectivity index (χ4n) is 0.839. The van der Waals surface area contributed by atoms with Crippen LogP contribution >= 0.6 is 8.25 Å². The van der Waals surface area contributed by atoms with Gasteiger partial charge in [0.2, 0.25) is 0 Å². The zero-order valence-electron chi connectivity index (χ0n) is 9.06. The largest absolute Gasteiger partial charge is 0.426 e. The maximum Gasteiger partial charge on any atom is 0.365 e. The van der Waals surface area contributed by atoms with E-state index in [1.54, 1.807) is 30.3 Å². The van der Waals surface area contributed by atoms with E-state index in [0.717, 1.165) is 13.1 Å². The predicted octanol–water partition coefficient (Wildman–Crippen LogP) is 2.06. The Morgan fingerprint density at radius 2 is 1.80 bits per heavy atom. The molecule has 0 amide bonds. The van der Waals surface area contributed by atoms with E-state index in [-0.39, 0.29) is 0 Å². The lowest BCUT2D eigenvalue weighted by atomic mass is 10.3. The van der Waals surface area contributed by atoms with Gasteiger partial charge in [0.1, 0.15) is 5.75 Å². The van der Waals surface area contributed by atoms with Crippen molar-refractivity contribution in [3.63, 3.8) is 0 Å². The van der Waals surface area contributed by atoms with Crippen molar-refractivity contribution >= 4 is 8.25 Å². The quantitative estimate of drug-likeness (QED) is 0.779. The Labute approximate surface area is 91.2 Å². The van der Waals surface area contributed by atoms with Crippen LogP contribution in [0.5, 0.6) is 5.75 Å². The first-order valence-corrected chi connectivity index (χ1v) is 6.13. The third kappa shape index (κ3) is 9.47. The molecule has 1 atom stereocenters. The number of hydrogen-bond donors (Lipinski definition) is 2. The van der Waals surface area contributed by atoms with Gasteiger partial charge in [0.25, 0.3) is 0 Å². The minimum atomic E-state index is -2.84. The fraction of sp³-hybridized carbons (Fsp3) is 0.400. The van der Waals surface area contributed by atoms with Crippen LogP contribution in [0.4, 0.5) is 0 Å². The third-order valence-electron chi connectivity index (χ3n) is 1.45. The summed E-state index contributed by atoms with van der Waals surface area (Å²) in [5, 5.41) is 3.11. The molecular formula is C10H18NO3P. The molecule has 0 bridgehead atoms. The zero-order valence-corrected chi connectivity index (χ0v) is 10.1. The Balaban J connectivity index is 0.000000336. The van der Waals surface area contributed by atoms with Crippen LogP contribution in [0.1, 0.15) is 13.8 Å². The van der Waals surface area contributed by atoms with Crippen molar-refractivity contribution in [2.45, 2.75) is 13.8 Å². The van der Waals surface area contributed by atoms with Crippen molar-refractivity contribution in [1.82, 2.24) is 5.32 Å². The minimum absolute atomic E-state index is 0.425. The van der Waals surface area contributed by atoms with Gasteiger partial charge in [0.15, 0.2) is 0 Å². The molecule has 0 heterocycles. The highest BCUT2D eigenvalue weighted by Gasteiger charge is 1.92. The van der Waals surface area contributed by atoms with Crippen LogP contribution < -0.4 is 9.84 Å². The highest BCUT2D eigenvalue weighted by atomic mass is 31.1. The molecule has 86 valence electrons. The van der Waals surface area contributed by atoms with E-state index in [1.165, 1.54) is 0 Å². The lowest BCUT2D eigenvalue weighted by Crippen LogP contribution is -2.09. The van der Waals surface area contributed by atoms with Gasteiger partial charge in [-0.3, -0.25) is 0 Å². The molecule has 15 heavy (non-hydrogen) atoms. The molecule has 0 fully saturated rings. The van der Waals surface area contributed by atoms with Crippen molar-refractivity contribution < 1.29 is 14.0 Å². The average Bonchev–Trinajstić information content (AvgIpc) is 2.20. The second-order valence-corrected chi connectivity index (χ2v) is 3.37. The maximum absolute atomic E-state index is 10.1. The van der Waals surface area contributed by atoms with Crippen LogP contribution in [0.2, 0.25) is 0 Å². The number of nitrogens with one attached hydrogen (secondary N) is 1. The van der Waals surface area contributed by atoms with E-state index in [2.05, 4.69) is 23.7 Å². The Bertz CT molecular complexity index is 265. The molecule has 0 spiro atoms. The first-order valence-electron chi connectivity index (χ1n) is 4.87. The van der Waals surface area contributed by atoms with E-state index < -0.39 is 8.25 Å². The third-order valence-corrected chi connectivity index (χ3v) is 1.86. The van der Waals surface area contributed by atoms with Crippen LogP contribution in [-0.2, 0) is 4.57 Å². The molecule has 1 unspecified atom stereocenters. The van der Waals surface area contributed by atoms with E-state index in [4.69, 9.17) is 4.89 Å². The SMILES string of the molecule is CCNCC.O=[PH](O)Oc1ccccc1. The van der Waals surface area contributed by atoms with Gasteiger partial charge in [0.05, 0.1) is 0 Å². The van der Waals surface area contributed by atoms with Crippen LogP contribution in [0, 0.1) is 0 Å². The number of benzene rings is 1. The van der Waals surface area contributed by atoms with E-state index in [0.29, 0.717) is 5.75 Å². The van der Waals surface area contributed by atoms with Gasteiger partial charge in [-0.1, -0.05) is 32.0 Å². The molecule has 0 aliphatic heterocycles. The fourth-order valence-corrected chi connectivity index (χ4v) is 1.18. The molecule has 0 aliphatic carbocycles. The van der Waals surface area contributed by atoms with Crippen molar-refractivity contribution in [3.05, 3.63) is 30.3 Å². The normalized spacial score (nSPS) is 11.1. The molecule has 0 saturated heterocycles. The summed E-state index contributed by atoms with van der Waals surface area (Å²) in [6.45, 7) is 6.39. The van der Waals surface area contributed by atoms with Gasteiger partial charge >= 0.3 is 8.25 Å². The molecule has 0 saturated carbocycles. The molecule has 1 rings (SSSR count). The summed E-state index contributed by atoms with van der Waals surface area (Å²) in [5.41, 5.74) is 0. The molecule has 0 radical (unpaired) electrons. The van der Waals surface area contributed by atoms with Crippen molar-refractivity contribution in [1.29, 1.82) is 0 Å². The van der Waals surface area contributed by atoms with Gasteiger partial charge in [-0.25, -0.2) is 4.57 Å². The maximum atomic E-state index is 10.1. The smallest absolute Gasteiger partial charge is 0.365 e. The topological polar surface area (TPSA) is 58.6 Å². The van der Waals surface area contributed by atoms with E-state index in [1.807, 2.05) is 0 Å². The second kappa shape index (κ2) is 9.71.